The van der Waals surface area contributed by atoms with Crippen LogP contribution in [0.4, 0.5) is 0 Å². The Bertz CT molecular complexity index is 1160. The summed E-state index contributed by atoms with van der Waals surface area (Å²) in [6.07, 6.45) is -1.97. The monoisotopic (exact) mass is 272 g/mol. The molecule has 0 amide bonds. The van der Waals surface area contributed by atoms with Gasteiger partial charge in [0.05, 0.1) is 0 Å². The van der Waals surface area contributed by atoms with Gasteiger partial charge in [-0.3, -0.25) is 4.79 Å². The first-order valence-electron chi connectivity index (χ1n) is 8.01. The Morgan fingerprint density at radius 3 is 2.62 bits per heavy atom. The van der Waals surface area contributed by atoms with E-state index in [0.29, 0.717) is 11.1 Å². The van der Waals surface area contributed by atoms with Crippen molar-refractivity contribution in [3.05, 3.63) is 71.8 Å². The molecule has 0 saturated heterocycles. The highest BCUT2D eigenvalue weighted by Gasteiger charge is 2.24. The Balaban J connectivity index is 2.12. The zero-order valence-electron chi connectivity index (χ0n) is 13.2. The maximum atomic E-state index is 12.5. The molecular weight excluding hydrogens is 258 g/mol. The van der Waals surface area contributed by atoms with E-state index in [4.69, 9.17) is 2.74 Å². The van der Waals surface area contributed by atoms with Gasteiger partial charge in [0.2, 0.25) is 0 Å². The first-order valence-corrected chi connectivity index (χ1v) is 7.01. The van der Waals surface area contributed by atoms with Gasteiger partial charge < -0.3 is 0 Å². The third-order valence-corrected chi connectivity index (χ3v) is 4.37. The lowest BCUT2D eigenvalue weighted by atomic mass is 9.96. The second-order valence-corrected chi connectivity index (χ2v) is 5.49. The van der Waals surface area contributed by atoms with Crippen LogP contribution in [0, 0.1) is 0 Å². The highest BCUT2D eigenvalue weighted by Crippen LogP contribution is 2.38. The van der Waals surface area contributed by atoms with Crippen molar-refractivity contribution in [3.63, 3.8) is 0 Å². The smallest absolute Gasteiger partial charge is 0.167 e. The molecule has 98 valence electrons. The summed E-state index contributed by atoms with van der Waals surface area (Å²) in [6.45, 7) is 0. The minimum Gasteiger partial charge on any atom is -0.294 e. The summed E-state index contributed by atoms with van der Waals surface area (Å²) in [5.41, 5.74) is 1.02. The van der Waals surface area contributed by atoms with Gasteiger partial charge in [-0.15, -0.1) is 0 Å². The minimum atomic E-state index is -1.97. The molecule has 4 aromatic rings. The summed E-state index contributed by atoms with van der Waals surface area (Å²) >= 11 is 0. The molecule has 21 heavy (non-hydrogen) atoms. The quantitative estimate of drug-likeness (QED) is 0.253. The van der Waals surface area contributed by atoms with E-state index < -0.39 is 12.2 Å². The standard InChI is InChI=1S/C20H12O/c21-19-11-18-15-9-8-12-4-1-2-6-14(12)17(15)10-13-5-3-7-16(19)20(13)18/h1-10H,11H2/i11+1D2,19+1. The third kappa shape index (κ3) is 1.33. The second kappa shape index (κ2) is 3.70. The first kappa shape index (κ1) is 9.30. The van der Waals surface area contributed by atoms with Crippen LogP contribution in [0.2, 0.25) is 0 Å². The number of fused-ring (bicyclic) bond motifs is 4. The molecule has 0 unspecified atom stereocenters. The molecule has 0 spiro atoms. The van der Waals surface area contributed by atoms with Gasteiger partial charge >= 0.3 is 0 Å². The number of carbonyl (C=O) groups is 1. The van der Waals surface area contributed by atoms with E-state index in [2.05, 4.69) is 12.1 Å². The summed E-state index contributed by atoms with van der Waals surface area (Å²) in [4.78, 5) is 12.5. The highest BCUT2D eigenvalue weighted by molar-refractivity contribution is 6.23. The molecule has 0 N–H and O–H groups in total. The van der Waals surface area contributed by atoms with Gasteiger partial charge in [-0.1, -0.05) is 54.6 Å². The van der Waals surface area contributed by atoms with Crippen LogP contribution < -0.4 is 0 Å². The lowest BCUT2D eigenvalue weighted by Crippen LogP contribution is -1.93. The number of ketones is 1. The molecule has 0 atom stereocenters. The van der Waals surface area contributed by atoms with Crippen LogP contribution in [-0.4, -0.2) is 5.78 Å². The van der Waals surface area contributed by atoms with E-state index in [1.807, 2.05) is 42.5 Å². The maximum absolute atomic E-state index is 12.5. The Morgan fingerprint density at radius 1 is 0.810 bits per heavy atom. The summed E-state index contributed by atoms with van der Waals surface area (Å²) < 4.78 is 16.7. The van der Waals surface area contributed by atoms with Crippen molar-refractivity contribution in [1.82, 2.24) is 0 Å². The fourth-order valence-electron chi connectivity index (χ4n) is 3.43. The molecule has 0 saturated carbocycles. The van der Waals surface area contributed by atoms with Crippen molar-refractivity contribution in [1.29, 1.82) is 0 Å². The molecule has 0 radical (unpaired) electrons. The van der Waals surface area contributed by atoms with Gasteiger partial charge in [0.15, 0.2) is 5.78 Å². The Labute approximate surface area is 124 Å². The topological polar surface area (TPSA) is 17.1 Å². The predicted molar refractivity (Wildman–Crippen MR) is 87.0 cm³/mol. The summed E-state index contributed by atoms with van der Waals surface area (Å²) in [5.74, 6) is -0.432. The lowest BCUT2D eigenvalue weighted by molar-refractivity contribution is 0.1000. The Morgan fingerprint density at radius 2 is 1.67 bits per heavy atom. The summed E-state index contributed by atoms with van der Waals surface area (Å²) in [6, 6.07) is 19.6. The zero-order valence-corrected chi connectivity index (χ0v) is 11.2. The van der Waals surface area contributed by atoms with Gasteiger partial charge in [0.25, 0.3) is 0 Å². The van der Waals surface area contributed by atoms with Crippen LogP contribution in [-0.2, 0) is 6.37 Å². The molecule has 0 aliphatic heterocycles. The summed E-state index contributed by atoms with van der Waals surface area (Å²) in [5, 5.41) is 5.73. The van der Waals surface area contributed by atoms with Crippen LogP contribution in [0.5, 0.6) is 0 Å². The van der Waals surface area contributed by atoms with Crippen molar-refractivity contribution in [2.75, 3.05) is 0 Å². The number of carbonyl (C=O) groups excluding carboxylic acids is 1. The molecule has 0 fully saturated rings. The molecular formula is C20H12O. The molecule has 0 aromatic heterocycles. The van der Waals surface area contributed by atoms with Crippen molar-refractivity contribution in [3.8, 4) is 0 Å². The number of benzene rings is 4. The normalized spacial score (nSPS) is 17.4. The number of hydrogen-bond acceptors (Lipinski definition) is 1. The van der Waals surface area contributed by atoms with E-state index in [0.717, 1.165) is 32.3 Å². The summed E-state index contributed by atoms with van der Waals surface area (Å²) in [7, 11) is 0. The van der Waals surface area contributed by atoms with Crippen LogP contribution in [0.3, 0.4) is 0 Å². The zero-order chi connectivity index (χ0) is 15.8. The van der Waals surface area contributed by atoms with Crippen molar-refractivity contribution in [2.45, 2.75) is 6.37 Å². The van der Waals surface area contributed by atoms with Crippen molar-refractivity contribution >= 4 is 38.1 Å². The van der Waals surface area contributed by atoms with Crippen LogP contribution in [0.15, 0.2) is 60.7 Å². The fraction of sp³-hybridized carbons (Fsp3) is 0.0500. The van der Waals surface area contributed by atoms with Crippen LogP contribution >= 0.6 is 0 Å². The predicted octanol–water partition coefficient (Wildman–Crippen LogP) is 4.89. The SMILES string of the molecule is [2H][13C]1([2H])c2c3ccc4ccccc4c3cc3cccc(c23)[13C]1=O. The van der Waals surface area contributed by atoms with Gasteiger partial charge in [-0.25, -0.2) is 0 Å². The molecule has 1 heteroatoms. The van der Waals surface area contributed by atoms with Gasteiger partial charge in [0, 0.05) is 14.7 Å². The first-order chi connectivity index (χ1) is 11.1. The maximum Gasteiger partial charge on any atom is 0.167 e. The molecule has 1 aliphatic carbocycles. The van der Waals surface area contributed by atoms with E-state index in [9.17, 15) is 4.79 Å². The van der Waals surface area contributed by atoms with Crippen molar-refractivity contribution in [2.24, 2.45) is 0 Å². The minimum absolute atomic E-state index is 0.432. The van der Waals surface area contributed by atoms with Gasteiger partial charge in [0.1, 0.15) is 0 Å². The average Bonchev–Trinajstić information content (AvgIpc) is 2.77. The third-order valence-electron chi connectivity index (χ3n) is 4.37. The van der Waals surface area contributed by atoms with Gasteiger partial charge in [-0.2, -0.15) is 0 Å². The average molecular weight is 272 g/mol. The largest absolute Gasteiger partial charge is 0.294 e. The highest BCUT2D eigenvalue weighted by atomic mass is 16.2. The number of hydrogen-bond donors (Lipinski definition) is 0. The van der Waals surface area contributed by atoms with E-state index in [1.54, 1.807) is 6.07 Å². The molecule has 1 aliphatic rings. The molecule has 1 nitrogen and oxygen atoms in total. The van der Waals surface area contributed by atoms with E-state index in [1.165, 1.54) is 0 Å². The molecule has 0 bridgehead atoms. The van der Waals surface area contributed by atoms with Crippen LogP contribution in [0.1, 0.15) is 18.7 Å². The molecule has 4 aromatic carbocycles. The number of Topliss-reactive ketones (excluding diaryl/α,β-unsaturated/α-hetero) is 1. The molecule has 0 heterocycles. The van der Waals surface area contributed by atoms with E-state index >= 15 is 0 Å². The molecule has 5 rings (SSSR count). The lowest BCUT2D eigenvalue weighted by Gasteiger charge is -2.09. The fourth-order valence-corrected chi connectivity index (χ4v) is 3.43. The van der Waals surface area contributed by atoms with Crippen LogP contribution in [0.25, 0.3) is 32.3 Å². The number of rotatable bonds is 0. The van der Waals surface area contributed by atoms with Gasteiger partial charge in [-0.05, 0) is 43.9 Å². The van der Waals surface area contributed by atoms with Crippen molar-refractivity contribution < 1.29 is 7.54 Å². The second-order valence-electron chi connectivity index (χ2n) is 5.49. The van der Waals surface area contributed by atoms with E-state index in [-0.39, 0.29) is 0 Å². The Hall–Kier alpha value is -2.67. The Kier molecular flexibility index (Phi) is 1.64.